The maximum Gasteiger partial charge on any atom is 0.419 e. The summed E-state index contributed by atoms with van der Waals surface area (Å²) in [7, 11) is 0. The molecule has 4 nitrogen and oxygen atoms in total. The summed E-state index contributed by atoms with van der Waals surface area (Å²) in [5.74, 6) is 0. The van der Waals surface area contributed by atoms with Gasteiger partial charge < -0.3 is 4.74 Å². The Morgan fingerprint density at radius 1 is 1.36 bits per heavy atom. The first-order valence-corrected chi connectivity index (χ1v) is 3.49. The fraction of sp³-hybridized carbons (Fsp3) is 0.286. The van der Waals surface area contributed by atoms with Crippen molar-refractivity contribution >= 4 is 6.29 Å². The predicted octanol–water partition coefficient (Wildman–Crippen LogP) is 1.07. The van der Waals surface area contributed by atoms with Crippen molar-refractivity contribution in [3.63, 3.8) is 0 Å². The van der Waals surface area contributed by atoms with Gasteiger partial charge in [-0.15, -0.1) is 0 Å². The molecule has 1 heterocycles. The number of hydrogen-bond donors (Lipinski definition) is 0. The minimum absolute atomic E-state index is 0.259. The van der Waals surface area contributed by atoms with Gasteiger partial charge in [0.15, 0.2) is 6.29 Å². The van der Waals surface area contributed by atoms with Crippen LogP contribution < -0.4 is 4.74 Å². The van der Waals surface area contributed by atoms with Crippen LogP contribution in [0, 0.1) is 0 Å². The largest absolute Gasteiger partial charge is 0.456 e. The van der Waals surface area contributed by atoms with Crippen molar-refractivity contribution in [2.45, 2.75) is 6.18 Å². The molecule has 0 radical (unpaired) electrons. The summed E-state index contributed by atoms with van der Waals surface area (Å²) in [6.07, 6.45) is -2.84. The molecule has 0 N–H and O–H groups in total. The number of aromatic nitrogens is 2. The zero-order chi connectivity index (χ0) is 10.6. The highest BCUT2D eigenvalue weighted by atomic mass is 19.4. The highest BCUT2D eigenvalue weighted by molar-refractivity contribution is 5.50. The maximum absolute atomic E-state index is 12.0. The average molecular weight is 206 g/mol. The third kappa shape index (κ3) is 2.68. The Labute approximate surface area is 76.7 Å². The van der Waals surface area contributed by atoms with E-state index in [1.165, 1.54) is 0 Å². The van der Waals surface area contributed by atoms with E-state index in [1.807, 2.05) is 0 Å². The summed E-state index contributed by atoms with van der Waals surface area (Å²) >= 11 is 0. The summed E-state index contributed by atoms with van der Waals surface area (Å²) in [6.45, 7) is -0.286. The highest BCUT2D eigenvalue weighted by Gasteiger charge is 2.31. The number of nitrogens with zero attached hydrogens (tertiary/aromatic N) is 2. The van der Waals surface area contributed by atoms with Crippen LogP contribution in [0.2, 0.25) is 0 Å². The molecule has 1 rings (SSSR count). The van der Waals surface area contributed by atoms with Gasteiger partial charge in [-0.25, -0.2) is 9.97 Å². The first-order valence-electron chi connectivity index (χ1n) is 3.49. The van der Waals surface area contributed by atoms with Crippen LogP contribution in [0.25, 0.3) is 0 Å². The topological polar surface area (TPSA) is 52.1 Å². The zero-order valence-corrected chi connectivity index (χ0v) is 6.78. The molecule has 0 aromatic carbocycles. The van der Waals surface area contributed by atoms with Crippen LogP contribution in [0.5, 0.6) is 6.01 Å². The minimum Gasteiger partial charge on any atom is -0.456 e. The van der Waals surface area contributed by atoms with Gasteiger partial charge in [-0.1, -0.05) is 0 Å². The molecule has 1 aromatic rings. The number of aldehydes is 1. The molecular formula is C7H5F3N2O2. The number of carbonyl (C=O) groups is 1. The van der Waals surface area contributed by atoms with Gasteiger partial charge in [0.2, 0.25) is 0 Å². The van der Waals surface area contributed by atoms with Gasteiger partial charge in [0.25, 0.3) is 0 Å². The van der Waals surface area contributed by atoms with Crippen molar-refractivity contribution in [1.82, 2.24) is 9.97 Å². The van der Waals surface area contributed by atoms with Crippen molar-refractivity contribution in [3.8, 4) is 6.01 Å². The third-order valence-electron chi connectivity index (χ3n) is 1.24. The van der Waals surface area contributed by atoms with E-state index in [0.29, 0.717) is 18.7 Å². The lowest BCUT2D eigenvalue weighted by atomic mass is 10.3. The van der Waals surface area contributed by atoms with Crippen molar-refractivity contribution in [3.05, 3.63) is 18.0 Å². The fourth-order valence-corrected chi connectivity index (χ4v) is 0.646. The van der Waals surface area contributed by atoms with Crippen molar-refractivity contribution < 1.29 is 22.7 Å². The Bertz CT molecular complexity index is 310. The van der Waals surface area contributed by atoms with Gasteiger partial charge in [-0.2, -0.15) is 13.2 Å². The molecule has 0 unspecified atom stereocenters. The molecule has 1 aromatic heterocycles. The smallest absolute Gasteiger partial charge is 0.419 e. The molecule has 0 aliphatic rings. The lowest BCUT2D eigenvalue weighted by Gasteiger charge is -2.05. The second kappa shape index (κ2) is 4.03. The number of rotatable bonds is 3. The van der Waals surface area contributed by atoms with Crippen molar-refractivity contribution in [1.29, 1.82) is 0 Å². The van der Waals surface area contributed by atoms with Crippen LogP contribution in [0.3, 0.4) is 0 Å². The lowest BCUT2D eigenvalue weighted by Crippen LogP contribution is -2.08. The van der Waals surface area contributed by atoms with E-state index < -0.39 is 11.7 Å². The molecular weight excluding hydrogens is 201 g/mol. The normalized spacial score (nSPS) is 11.1. The van der Waals surface area contributed by atoms with E-state index in [2.05, 4.69) is 14.7 Å². The van der Waals surface area contributed by atoms with Gasteiger partial charge in [0.05, 0.1) is 5.56 Å². The Balaban J connectivity index is 2.73. The summed E-state index contributed by atoms with van der Waals surface area (Å²) in [6, 6.07) is -0.259. The van der Waals surface area contributed by atoms with Gasteiger partial charge >= 0.3 is 12.2 Å². The first kappa shape index (κ1) is 10.4. The van der Waals surface area contributed by atoms with E-state index in [0.717, 1.165) is 0 Å². The number of hydrogen-bond acceptors (Lipinski definition) is 4. The van der Waals surface area contributed by atoms with E-state index in [4.69, 9.17) is 0 Å². The summed E-state index contributed by atoms with van der Waals surface area (Å²) in [5.41, 5.74) is -0.962. The van der Waals surface area contributed by atoms with Crippen molar-refractivity contribution in [2.75, 3.05) is 6.61 Å². The molecule has 76 valence electrons. The molecule has 0 bridgehead atoms. The molecule has 7 heteroatoms. The van der Waals surface area contributed by atoms with Gasteiger partial charge in [-0.3, -0.25) is 4.79 Å². The number of carbonyl (C=O) groups excluding carboxylic acids is 1. The second-order valence-corrected chi connectivity index (χ2v) is 2.23. The van der Waals surface area contributed by atoms with E-state index in [-0.39, 0.29) is 12.6 Å². The van der Waals surface area contributed by atoms with Crippen LogP contribution in [0.1, 0.15) is 5.56 Å². The van der Waals surface area contributed by atoms with Gasteiger partial charge in [0, 0.05) is 12.4 Å². The number of alkyl halides is 3. The molecule has 0 saturated carbocycles. The summed E-state index contributed by atoms with van der Waals surface area (Å²) < 4.78 is 40.5. The quantitative estimate of drug-likeness (QED) is 0.694. The molecule has 0 fully saturated rings. The van der Waals surface area contributed by atoms with E-state index in [1.54, 1.807) is 0 Å². The Kier molecular flexibility index (Phi) is 3.00. The molecule has 0 aliphatic heterocycles. The summed E-state index contributed by atoms with van der Waals surface area (Å²) in [4.78, 5) is 16.4. The van der Waals surface area contributed by atoms with Crippen LogP contribution in [-0.4, -0.2) is 22.9 Å². The molecule has 0 saturated heterocycles. The Morgan fingerprint density at radius 3 is 2.36 bits per heavy atom. The van der Waals surface area contributed by atoms with Crippen LogP contribution in [-0.2, 0) is 11.0 Å². The monoisotopic (exact) mass is 206 g/mol. The van der Waals surface area contributed by atoms with Crippen LogP contribution in [0.15, 0.2) is 12.4 Å². The molecule has 14 heavy (non-hydrogen) atoms. The lowest BCUT2D eigenvalue weighted by molar-refractivity contribution is -0.138. The minimum atomic E-state index is -4.47. The number of halogens is 3. The van der Waals surface area contributed by atoms with E-state index >= 15 is 0 Å². The predicted molar refractivity (Wildman–Crippen MR) is 38.6 cm³/mol. The summed E-state index contributed by atoms with van der Waals surface area (Å²) in [5, 5.41) is 0. The number of ether oxygens (including phenoxy) is 1. The molecule has 0 spiro atoms. The van der Waals surface area contributed by atoms with E-state index in [9.17, 15) is 18.0 Å². The zero-order valence-electron chi connectivity index (χ0n) is 6.78. The molecule has 0 aliphatic carbocycles. The standard InChI is InChI=1S/C7H5F3N2O2/c8-7(9,10)5-3-11-6(12-4-5)14-2-1-13/h1,3-4H,2H2. The second-order valence-electron chi connectivity index (χ2n) is 2.23. The average Bonchev–Trinajstić information content (AvgIpc) is 2.14. The Hall–Kier alpha value is -1.66. The van der Waals surface area contributed by atoms with Crippen LogP contribution >= 0.6 is 0 Å². The van der Waals surface area contributed by atoms with Gasteiger partial charge in [-0.05, 0) is 0 Å². The maximum atomic E-state index is 12.0. The Morgan fingerprint density at radius 2 is 1.93 bits per heavy atom. The van der Waals surface area contributed by atoms with Crippen molar-refractivity contribution in [2.24, 2.45) is 0 Å². The molecule has 0 atom stereocenters. The highest BCUT2D eigenvalue weighted by Crippen LogP contribution is 2.28. The third-order valence-corrected chi connectivity index (χ3v) is 1.24. The van der Waals surface area contributed by atoms with Gasteiger partial charge in [0.1, 0.15) is 6.61 Å². The first-order chi connectivity index (χ1) is 6.54. The van der Waals surface area contributed by atoms with Crippen LogP contribution in [0.4, 0.5) is 13.2 Å². The molecule has 0 amide bonds. The SMILES string of the molecule is O=CCOc1ncc(C(F)(F)F)cn1. The fourth-order valence-electron chi connectivity index (χ4n) is 0.646.